The third-order valence-corrected chi connectivity index (χ3v) is 2.66. The topological polar surface area (TPSA) is 53.1 Å². The van der Waals surface area contributed by atoms with Gasteiger partial charge < -0.3 is 10.5 Å². The van der Waals surface area contributed by atoms with Crippen LogP contribution in [0.25, 0.3) is 5.69 Å². The fourth-order valence-corrected chi connectivity index (χ4v) is 1.81. The Morgan fingerprint density at radius 2 is 2.00 bits per heavy atom. The SMILES string of the molecule is Nc1c2c(nn1-c1ccc(F)cc1)COC2. The van der Waals surface area contributed by atoms with E-state index in [-0.39, 0.29) is 5.82 Å². The molecule has 0 unspecified atom stereocenters. The van der Waals surface area contributed by atoms with E-state index in [1.54, 1.807) is 16.8 Å². The first-order valence-corrected chi connectivity index (χ1v) is 4.95. The van der Waals surface area contributed by atoms with Gasteiger partial charge in [0.15, 0.2) is 0 Å². The van der Waals surface area contributed by atoms with Crippen molar-refractivity contribution >= 4 is 5.82 Å². The van der Waals surface area contributed by atoms with E-state index >= 15 is 0 Å². The van der Waals surface area contributed by atoms with Crippen LogP contribution in [0.3, 0.4) is 0 Å². The highest BCUT2D eigenvalue weighted by atomic mass is 19.1. The molecule has 0 radical (unpaired) electrons. The summed E-state index contributed by atoms with van der Waals surface area (Å²) in [5.41, 5.74) is 8.51. The molecule has 4 nitrogen and oxygen atoms in total. The summed E-state index contributed by atoms with van der Waals surface area (Å²) in [6, 6.07) is 6.07. The van der Waals surface area contributed by atoms with Crippen LogP contribution in [0, 0.1) is 5.82 Å². The van der Waals surface area contributed by atoms with Crippen molar-refractivity contribution in [2.24, 2.45) is 0 Å². The molecule has 0 saturated carbocycles. The van der Waals surface area contributed by atoms with Crippen LogP contribution >= 0.6 is 0 Å². The molecule has 0 amide bonds. The number of hydrogen-bond donors (Lipinski definition) is 1. The zero-order valence-corrected chi connectivity index (χ0v) is 8.48. The summed E-state index contributed by atoms with van der Waals surface area (Å²) in [6.45, 7) is 0.996. The summed E-state index contributed by atoms with van der Waals surface area (Å²) >= 11 is 0. The van der Waals surface area contributed by atoms with Gasteiger partial charge in [0.2, 0.25) is 0 Å². The molecule has 1 aromatic carbocycles. The molecule has 1 aromatic heterocycles. The number of fused-ring (bicyclic) bond motifs is 1. The van der Waals surface area contributed by atoms with Crippen LogP contribution in [0.15, 0.2) is 24.3 Å². The average Bonchev–Trinajstić information content (AvgIpc) is 2.84. The number of benzene rings is 1. The molecule has 2 aromatic rings. The molecule has 1 aliphatic heterocycles. The van der Waals surface area contributed by atoms with Crippen molar-refractivity contribution in [3.8, 4) is 5.69 Å². The highest BCUT2D eigenvalue weighted by Gasteiger charge is 2.21. The molecule has 0 spiro atoms. The maximum Gasteiger partial charge on any atom is 0.133 e. The van der Waals surface area contributed by atoms with E-state index in [1.807, 2.05) is 0 Å². The third-order valence-electron chi connectivity index (χ3n) is 2.66. The van der Waals surface area contributed by atoms with Gasteiger partial charge in [0.25, 0.3) is 0 Å². The average molecular weight is 219 g/mol. The van der Waals surface area contributed by atoms with Crippen LogP contribution in [0.4, 0.5) is 10.2 Å². The van der Waals surface area contributed by atoms with Gasteiger partial charge in [-0.25, -0.2) is 9.07 Å². The maximum atomic E-state index is 12.8. The maximum absolute atomic E-state index is 12.8. The lowest BCUT2D eigenvalue weighted by molar-refractivity contribution is 0.131. The van der Waals surface area contributed by atoms with Gasteiger partial charge in [0, 0.05) is 5.56 Å². The molecular weight excluding hydrogens is 209 g/mol. The number of ether oxygens (including phenoxy) is 1. The Hall–Kier alpha value is -1.88. The minimum atomic E-state index is -0.273. The zero-order valence-electron chi connectivity index (χ0n) is 8.48. The van der Waals surface area contributed by atoms with E-state index in [4.69, 9.17) is 10.5 Å². The summed E-state index contributed by atoms with van der Waals surface area (Å²) < 4.78 is 19.6. The van der Waals surface area contributed by atoms with Gasteiger partial charge >= 0.3 is 0 Å². The van der Waals surface area contributed by atoms with Gasteiger partial charge in [-0.15, -0.1) is 0 Å². The molecule has 0 saturated heterocycles. The molecule has 3 rings (SSSR count). The molecule has 16 heavy (non-hydrogen) atoms. The number of aromatic nitrogens is 2. The lowest BCUT2D eigenvalue weighted by atomic mass is 10.3. The van der Waals surface area contributed by atoms with Crippen LogP contribution in [0.1, 0.15) is 11.3 Å². The highest BCUT2D eigenvalue weighted by Crippen LogP contribution is 2.27. The number of hydrogen-bond acceptors (Lipinski definition) is 3. The van der Waals surface area contributed by atoms with Crippen molar-refractivity contribution in [3.05, 3.63) is 41.3 Å². The first-order chi connectivity index (χ1) is 7.75. The van der Waals surface area contributed by atoms with E-state index in [0.29, 0.717) is 19.0 Å². The second kappa shape index (κ2) is 3.31. The van der Waals surface area contributed by atoms with Gasteiger partial charge in [-0.05, 0) is 24.3 Å². The van der Waals surface area contributed by atoms with Crippen LogP contribution < -0.4 is 5.73 Å². The highest BCUT2D eigenvalue weighted by molar-refractivity contribution is 5.50. The number of rotatable bonds is 1. The van der Waals surface area contributed by atoms with Crippen molar-refractivity contribution in [2.45, 2.75) is 13.2 Å². The smallest absolute Gasteiger partial charge is 0.133 e. The summed E-state index contributed by atoms with van der Waals surface area (Å²) in [5.74, 6) is 0.296. The molecule has 2 N–H and O–H groups in total. The Morgan fingerprint density at radius 3 is 2.69 bits per heavy atom. The van der Waals surface area contributed by atoms with Crippen molar-refractivity contribution in [1.82, 2.24) is 9.78 Å². The fourth-order valence-electron chi connectivity index (χ4n) is 1.81. The Morgan fingerprint density at radius 1 is 1.25 bits per heavy atom. The Balaban J connectivity index is 2.10. The number of nitrogens with zero attached hydrogens (tertiary/aromatic N) is 2. The van der Waals surface area contributed by atoms with Gasteiger partial charge in [0.05, 0.1) is 24.6 Å². The quantitative estimate of drug-likeness (QED) is 0.793. The largest absolute Gasteiger partial charge is 0.383 e. The summed E-state index contributed by atoms with van der Waals surface area (Å²) in [6.07, 6.45) is 0. The minimum Gasteiger partial charge on any atom is -0.383 e. The van der Waals surface area contributed by atoms with Crippen molar-refractivity contribution in [3.63, 3.8) is 0 Å². The lowest BCUT2D eigenvalue weighted by Crippen LogP contribution is -2.04. The molecule has 5 heteroatoms. The molecular formula is C11H10FN3O. The van der Waals surface area contributed by atoms with Crippen LogP contribution in [0.2, 0.25) is 0 Å². The lowest BCUT2D eigenvalue weighted by Gasteiger charge is -2.04. The predicted octanol–water partition coefficient (Wildman–Crippen LogP) is 1.62. The number of anilines is 1. The molecule has 82 valence electrons. The minimum absolute atomic E-state index is 0.273. The standard InChI is InChI=1S/C11H10FN3O/c12-7-1-3-8(4-2-7)15-11(13)9-5-16-6-10(9)14-15/h1-4H,5-6,13H2. The molecule has 0 atom stereocenters. The Kier molecular flexibility index (Phi) is 1.94. The fraction of sp³-hybridized carbons (Fsp3) is 0.182. The van der Waals surface area contributed by atoms with Gasteiger partial charge in [-0.1, -0.05) is 0 Å². The number of halogens is 1. The number of nitrogens with two attached hydrogens (primary N) is 1. The van der Waals surface area contributed by atoms with E-state index < -0.39 is 0 Å². The van der Waals surface area contributed by atoms with E-state index in [0.717, 1.165) is 16.9 Å². The molecule has 0 fully saturated rings. The normalized spacial score (nSPS) is 14.1. The van der Waals surface area contributed by atoms with Crippen LogP contribution in [-0.2, 0) is 18.0 Å². The summed E-state index contributed by atoms with van der Waals surface area (Å²) in [5, 5.41) is 4.33. The van der Waals surface area contributed by atoms with Crippen molar-refractivity contribution in [2.75, 3.05) is 5.73 Å². The van der Waals surface area contributed by atoms with E-state index in [2.05, 4.69) is 5.10 Å². The molecule has 0 bridgehead atoms. The first-order valence-electron chi connectivity index (χ1n) is 4.95. The Bertz CT molecular complexity index is 533. The van der Waals surface area contributed by atoms with Crippen LogP contribution in [-0.4, -0.2) is 9.78 Å². The van der Waals surface area contributed by atoms with Crippen molar-refractivity contribution in [1.29, 1.82) is 0 Å². The second-order valence-electron chi connectivity index (χ2n) is 3.69. The summed E-state index contributed by atoms with van der Waals surface area (Å²) in [4.78, 5) is 0. The molecule has 2 heterocycles. The monoisotopic (exact) mass is 219 g/mol. The predicted molar refractivity (Wildman–Crippen MR) is 56.4 cm³/mol. The number of nitrogen functional groups attached to an aromatic ring is 1. The first kappa shape index (κ1) is 9.35. The van der Waals surface area contributed by atoms with E-state index in [9.17, 15) is 4.39 Å². The molecule has 0 aliphatic carbocycles. The van der Waals surface area contributed by atoms with Gasteiger partial charge in [0.1, 0.15) is 11.6 Å². The van der Waals surface area contributed by atoms with Crippen molar-refractivity contribution < 1.29 is 9.13 Å². The van der Waals surface area contributed by atoms with Gasteiger partial charge in [-0.2, -0.15) is 5.10 Å². The third kappa shape index (κ3) is 1.29. The zero-order chi connectivity index (χ0) is 11.1. The van der Waals surface area contributed by atoms with Crippen LogP contribution in [0.5, 0.6) is 0 Å². The second-order valence-corrected chi connectivity index (χ2v) is 3.69. The van der Waals surface area contributed by atoms with Gasteiger partial charge in [-0.3, -0.25) is 0 Å². The summed E-state index contributed by atoms with van der Waals surface area (Å²) in [7, 11) is 0. The molecule has 1 aliphatic rings. The van der Waals surface area contributed by atoms with E-state index in [1.165, 1.54) is 12.1 Å². The Labute approximate surface area is 91.4 Å².